The molecular weight excluding hydrogens is 178 g/mol. The third-order valence-electron chi connectivity index (χ3n) is 1.95. The van der Waals surface area contributed by atoms with E-state index in [-0.39, 0.29) is 6.10 Å². The fourth-order valence-electron chi connectivity index (χ4n) is 1.20. The van der Waals surface area contributed by atoms with E-state index in [0.29, 0.717) is 0 Å². The van der Waals surface area contributed by atoms with Crippen molar-refractivity contribution in [1.82, 2.24) is 15.1 Å². The predicted molar refractivity (Wildman–Crippen MR) is 56.5 cm³/mol. The molecule has 4 nitrogen and oxygen atoms in total. The van der Waals surface area contributed by atoms with Crippen molar-refractivity contribution < 1.29 is 4.74 Å². The number of aryl methyl sites for hydroxylation is 1. The maximum absolute atomic E-state index is 5.65. The number of aromatic nitrogens is 2. The first-order valence-corrected chi connectivity index (χ1v) is 5.16. The van der Waals surface area contributed by atoms with Crippen molar-refractivity contribution >= 4 is 0 Å². The number of likely N-dealkylation sites (N-methyl/N-ethyl adjacent to an activating group) is 1. The van der Waals surface area contributed by atoms with E-state index in [1.54, 1.807) is 6.20 Å². The molecule has 0 radical (unpaired) electrons. The van der Waals surface area contributed by atoms with Crippen LogP contribution in [0.3, 0.4) is 0 Å². The molecule has 1 aromatic heterocycles. The zero-order valence-electron chi connectivity index (χ0n) is 9.16. The molecule has 0 saturated heterocycles. The van der Waals surface area contributed by atoms with Crippen LogP contribution in [0, 0.1) is 0 Å². The van der Waals surface area contributed by atoms with Gasteiger partial charge in [0.15, 0.2) is 5.75 Å². The van der Waals surface area contributed by atoms with Crippen molar-refractivity contribution in [2.24, 2.45) is 0 Å². The molecule has 0 fully saturated rings. The quantitative estimate of drug-likeness (QED) is 0.746. The standard InChI is InChI=1S/C10H19N3O/c1-4-11-6-9(3)14-10-7-12-13(5-2)8-10/h7-9,11H,4-6H2,1-3H3. The molecule has 1 heterocycles. The fraction of sp³-hybridized carbons (Fsp3) is 0.700. The van der Waals surface area contributed by atoms with Gasteiger partial charge in [0.2, 0.25) is 0 Å². The largest absolute Gasteiger partial charge is 0.486 e. The summed E-state index contributed by atoms with van der Waals surface area (Å²) < 4.78 is 7.51. The number of nitrogens with one attached hydrogen (secondary N) is 1. The average molecular weight is 197 g/mol. The highest BCUT2D eigenvalue weighted by molar-refractivity contribution is 5.12. The van der Waals surface area contributed by atoms with Gasteiger partial charge >= 0.3 is 0 Å². The van der Waals surface area contributed by atoms with E-state index in [9.17, 15) is 0 Å². The molecule has 1 aromatic rings. The molecule has 0 aliphatic carbocycles. The summed E-state index contributed by atoms with van der Waals surface area (Å²) in [6.07, 6.45) is 3.86. The monoisotopic (exact) mass is 197 g/mol. The summed E-state index contributed by atoms with van der Waals surface area (Å²) in [4.78, 5) is 0. The predicted octanol–water partition coefficient (Wildman–Crippen LogP) is 1.28. The van der Waals surface area contributed by atoms with Gasteiger partial charge in [-0.05, 0) is 20.4 Å². The summed E-state index contributed by atoms with van der Waals surface area (Å²) in [6, 6.07) is 0. The Bertz CT molecular complexity index is 260. The van der Waals surface area contributed by atoms with Crippen molar-refractivity contribution in [3.8, 4) is 5.75 Å². The van der Waals surface area contributed by atoms with E-state index in [0.717, 1.165) is 25.4 Å². The van der Waals surface area contributed by atoms with E-state index >= 15 is 0 Å². The van der Waals surface area contributed by atoms with Crippen LogP contribution in [0.2, 0.25) is 0 Å². The summed E-state index contributed by atoms with van der Waals surface area (Å²) >= 11 is 0. The van der Waals surface area contributed by atoms with Gasteiger partial charge in [-0.3, -0.25) is 4.68 Å². The Balaban J connectivity index is 2.35. The number of hydrogen-bond acceptors (Lipinski definition) is 3. The lowest BCUT2D eigenvalue weighted by Crippen LogP contribution is -2.28. The highest BCUT2D eigenvalue weighted by atomic mass is 16.5. The number of nitrogens with zero attached hydrogens (tertiary/aromatic N) is 2. The van der Waals surface area contributed by atoms with Crippen LogP contribution >= 0.6 is 0 Å². The topological polar surface area (TPSA) is 39.1 Å². The Morgan fingerprint density at radius 1 is 1.57 bits per heavy atom. The molecule has 1 rings (SSSR count). The zero-order chi connectivity index (χ0) is 10.4. The molecule has 1 unspecified atom stereocenters. The molecule has 14 heavy (non-hydrogen) atoms. The van der Waals surface area contributed by atoms with Crippen molar-refractivity contribution in [2.45, 2.75) is 33.4 Å². The number of ether oxygens (including phenoxy) is 1. The number of hydrogen-bond donors (Lipinski definition) is 1. The summed E-state index contributed by atoms with van der Waals surface area (Å²) in [5.41, 5.74) is 0. The molecule has 1 N–H and O–H groups in total. The summed E-state index contributed by atoms with van der Waals surface area (Å²) in [5.74, 6) is 0.845. The molecule has 1 atom stereocenters. The van der Waals surface area contributed by atoms with E-state index in [1.807, 2.05) is 17.8 Å². The maximum atomic E-state index is 5.65. The van der Waals surface area contributed by atoms with E-state index < -0.39 is 0 Å². The van der Waals surface area contributed by atoms with Gasteiger partial charge in [-0.25, -0.2) is 0 Å². The van der Waals surface area contributed by atoms with E-state index in [4.69, 9.17) is 4.74 Å². The van der Waals surface area contributed by atoms with Crippen LogP contribution in [-0.2, 0) is 6.54 Å². The second-order valence-electron chi connectivity index (χ2n) is 3.27. The van der Waals surface area contributed by atoms with Gasteiger partial charge < -0.3 is 10.1 Å². The van der Waals surface area contributed by atoms with Crippen LogP contribution in [-0.4, -0.2) is 29.0 Å². The number of rotatable bonds is 6. The van der Waals surface area contributed by atoms with Gasteiger partial charge in [-0.15, -0.1) is 0 Å². The zero-order valence-corrected chi connectivity index (χ0v) is 9.16. The first-order valence-electron chi connectivity index (χ1n) is 5.16. The van der Waals surface area contributed by atoms with Crippen molar-refractivity contribution in [1.29, 1.82) is 0 Å². The normalized spacial score (nSPS) is 12.8. The molecule has 0 aromatic carbocycles. The first kappa shape index (κ1) is 11.0. The maximum Gasteiger partial charge on any atom is 0.157 e. The fourth-order valence-corrected chi connectivity index (χ4v) is 1.20. The van der Waals surface area contributed by atoms with Gasteiger partial charge in [-0.2, -0.15) is 5.10 Å². The Kier molecular flexibility index (Phi) is 4.46. The van der Waals surface area contributed by atoms with Crippen molar-refractivity contribution in [3.63, 3.8) is 0 Å². The summed E-state index contributed by atoms with van der Waals surface area (Å²) in [5, 5.41) is 7.38. The summed E-state index contributed by atoms with van der Waals surface area (Å²) in [7, 11) is 0. The molecule has 80 valence electrons. The smallest absolute Gasteiger partial charge is 0.157 e. The van der Waals surface area contributed by atoms with Gasteiger partial charge in [0.1, 0.15) is 6.10 Å². The second-order valence-corrected chi connectivity index (χ2v) is 3.27. The lowest BCUT2D eigenvalue weighted by atomic mass is 10.4. The lowest BCUT2D eigenvalue weighted by Gasteiger charge is -2.12. The molecule has 0 bridgehead atoms. The van der Waals surface area contributed by atoms with Gasteiger partial charge in [0, 0.05) is 13.1 Å². The molecule has 0 amide bonds. The van der Waals surface area contributed by atoms with Crippen LogP contribution in [0.15, 0.2) is 12.4 Å². The van der Waals surface area contributed by atoms with E-state index in [1.165, 1.54) is 0 Å². The first-order chi connectivity index (χ1) is 6.76. The van der Waals surface area contributed by atoms with Crippen molar-refractivity contribution in [3.05, 3.63) is 12.4 Å². The van der Waals surface area contributed by atoms with Crippen LogP contribution in [0.5, 0.6) is 5.75 Å². The second kappa shape index (κ2) is 5.65. The minimum atomic E-state index is 0.185. The Hall–Kier alpha value is -1.03. The van der Waals surface area contributed by atoms with Crippen LogP contribution in [0.4, 0.5) is 0 Å². The molecule has 0 spiro atoms. The van der Waals surface area contributed by atoms with Gasteiger partial charge in [0.25, 0.3) is 0 Å². The third-order valence-corrected chi connectivity index (χ3v) is 1.95. The Morgan fingerprint density at radius 2 is 2.36 bits per heavy atom. The van der Waals surface area contributed by atoms with Gasteiger partial charge in [-0.1, -0.05) is 6.92 Å². The molecule has 0 saturated carbocycles. The Labute approximate surface area is 85.3 Å². The minimum absolute atomic E-state index is 0.185. The molecular formula is C10H19N3O. The highest BCUT2D eigenvalue weighted by Crippen LogP contribution is 2.09. The van der Waals surface area contributed by atoms with Crippen LogP contribution in [0.25, 0.3) is 0 Å². The van der Waals surface area contributed by atoms with Crippen LogP contribution < -0.4 is 10.1 Å². The average Bonchev–Trinajstić information content (AvgIpc) is 2.62. The summed E-state index contributed by atoms with van der Waals surface area (Å²) in [6.45, 7) is 8.91. The van der Waals surface area contributed by atoms with E-state index in [2.05, 4.69) is 24.3 Å². The minimum Gasteiger partial charge on any atom is -0.486 e. The lowest BCUT2D eigenvalue weighted by molar-refractivity contribution is 0.218. The van der Waals surface area contributed by atoms with Gasteiger partial charge in [0.05, 0.1) is 12.4 Å². The molecule has 0 aliphatic rings. The molecule has 4 heteroatoms. The van der Waals surface area contributed by atoms with Crippen molar-refractivity contribution in [2.75, 3.05) is 13.1 Å². The SMILES string of the molecule is CCNCC(C)Oc1cnn(CC)c1. The highest BCUT2D eigenvalue weighted by Gasteiger charge is 2.04. The molecule has 0 aliphatic heterocycles. The third kappa shape index (κ3) is 3.38. The Morgan fingerprint density at radius 3 is 2.93 bits per heavy atom. The van der Waals surface area contributed by atoms with Crippen LogP contribution in [0.1, 0.15) is 20.8 Å².